The van der Waals surface area contributed by atoms with Crippen LogP contribution < -0.4 is 10.7 Å². The molecule has 0 aliphatic heterocycles. The molecule has 3 N–H and O–H groups in total. The summed E-state index contributed by atoms with van der Waals surface area (Å²) in [4.78, 5) is 26.6. The van der Waals surface area contributed by atoms with Crippen LogP contribution in [-0.4, -0.2) is 23.0 Å². The van der Waals surface area contributed by atoms with Crippen molar-refractivity contribution in [3.8, 4) is 0 Å². The molecule has 0 aliphatic carbocycles. The van der Waals surface area contributed by atoms with Crippen molar-refractivity contribution in [3.05, 3.63) is 64.8 Å². The number of halogens is 1. The first kappa shape index (κ1) is 15.9. The molecule has 0 atom stereocenters. The lowest BCUT2D eigenvalue weighted by Gasteiger charge is -2.03. The Morgan fingerprint density at radius 1 is 1.04 bits per heavy atom. The zero-order valence-electron chi connectivity index (χ0n) is 12.4. The summed E-state index contributed by atoms with van der Waals surface area (Å²) in [6, 6.07) is 14.6. The van der Waals surface area contributed by atoms with Crippen LogP contribution in [0.5, 0.6) is 0 Å². The first-order valence-corrected chi connectivity index (χ1v) is 7.89. The minimum absolute atomic E-state index is 0.527. The topological polar surface area (TPSA) is 86.3 Å². The van der Waals surface area contributed by atoms with E-state index in [0.29, 0.717) is 5.69 Å². The molecule has 3 rings (SSSR count). The first-order valence-electron chi connectivity index (χ1n) is 7.09. The van der Waals surface area contributed by atoms with Gasteiger partial charge in [0, 0.05) is 32.8 Å². The Morgan fingerprint density at radius 3 is 2.58 bits per heavy atom. The van der Waals surface area contributed by atoms with Gasteiger partial charge in [-0.1, -0.05) is 34.1 Å². The van der Waals surface area contributed by atoms with E-state index in [-0.39, 0.29) is 0 Å². The third-order valence-corrected chi connectivity index (χ3v) is 3.83. The van der Waals surface area contributed by atoms with Gasteiger partial charge in [-0.15, -0.1) is 0 Å². The highest BCUT2D eigenvalue weighted by Gasteiger charge is 2.12. The van der Waals surface area contributed by atoms with E-state index in [1.165, 1.54) is 6.21 Å². The standard InChI is InChI=1S/C17H13BrN4O2/c18-12-5-7-13(8-6-12)21-16(23)17(24)22-20-10-11-9-19-15-4-2-1-3-14(11)15/h1-10,19H,(H,21,23)(H,22,24)/b20-10+. The Morgan fingerprint density at radius 2 is 1.79 bits per heavy atom. The second kappa shape index (κ2) is 7.10. The molecule has 0 aliphatic rings. The number of benzene rings is 2. The number of aromatic nitrogens is 1. The number of rotatable bonds is 3. The van der Waals surface area contributed by atoms with Gasteiger partial charge in [-0.25, -0.2) is 5.43 Å². The quantitative estimate of drug-likeness (QED) is 0.368. The third-order valence-electron chi connectivity index (χ3n) is 3.30. The fourth-order valence-electron chi connectivity index (χ4n) is 2.13. The third kappa shape index (κ3) is 3.69. The van der Waals surface area contributed by atoms with Crippen LogP contribution in [-0.2, 0) is 9.59 Å². The normalized spacial score (nSPS) is 10.9. The zero-order valence-corrected chi connectivity index (χ0v) is 14.0. The predicted octanol–water partition coefficient (Wildman–Crippen LogP) is 3.02. The number of H-pyrrole nitrogens is 1. The Bertz CT molecular complexity index is 916. The maximum atomic E-state index is 11.8. The second-order valence-corrected chi connectivity index (χ2v) is 5.87. The number of aromatic amines is 1. The molecule has 0 unspecified atom stereocenters. The fraction of sp³-hybridized carbons (Fsp3) is 0. The van der Waals surface area contributed by atoms with Crippen LogP contribution in [0.3, 0.4) is 0 Å². The highest BCUT2D eigenvalue weighted by molar-refractivity contribution is 9.10. The van der Waals surface area contributed by atoms with Gasteiger partial charge in [-0.05, 0) is 30.3 Å². The summed E-state index contributed by atoms with van der Waals surface area (Å²) in [6.45, 7) is 0. The number of para-hydroxylation sites is 1. The Hall–Kier alpha value is -2.93. The number of nitrogens with zero attached hydrogens (tertiary/aromatic N) is 1. The Labute approximate surface area is 146 Å². The smallest absolute Gasteiger partial charge is 0.329 e. The maximum absolute atomic E-state index is 11.8. The van der Waals surface area contributed by atoms with E-state index in [1.54, 1.807) is 30.5 Å². The number of hydrazone groups is 1. The molecular formula is C17H13BrN4O2. The van der Waals surface area contributed by atoms with Gasteiger partial charge in [0.15, 0.2) is 0 Å². The number of fused-ring (bicyclic) bond motifs is 1. The molecule has 0 bridgehead atoms. The van der Waals surface area contributed by atoms with Gasteiger partial charge in [-0.3, -0.25) is 9.59 Å². The van der Waals surface area contributed by atoms with E-state index in [4.69, 9.17) is 0 Å². The van der Waals surface area contributed by atoms with Crippen LogP contribution in [0, 0.1) is 0 Å². The van der Waals surface area contributed by atoms with Crippen LogP contribution in [0.15, 0.2) is 64.3 Å². The molecule has 24 heavy (non-hydrogen) atoms. The average Bonchev–Trinajstić information content (AvgIpc) is 3.00. The zero-order chi connectivity index (χ0) is 16.9. The molecule has 120 valence electrons. The van der Waals surface area contributed by atoms with Crippen LogP contribution in [0.2, 0.25) is 0 Å². The van der Waals surface area contributed by atoms with Gasteiger partial charge >= 0.3 is 11.8 Å². The van der Waals surface area contributed by atoms with E-state index >= 15 is 0 Å². The minimum Gasteiger partial charge on any atom is -0.361 e. The molecule has 6 nitrogen and oxygen atoms in total. The van der Waals surface area contributed by atoms with Crippen molar-refractivity contribution in [1.82, 2.24) is 10.4 Å². The molecule has 2 aromatic carbocycles. The van der Waals surface area contributed by atoms with Gasteiger partial charge < -0.3 is 10.3 Å². The molecular weight excluding hydrogens is 372 g/mol. The molecule has 1 aromatic heterocycles. The largest absolute Gasteiger partial charge is 0.361 e. The van der Waals surface area contributed by atoms with Crippen LogP contribution in [0.4, 0.5) is 5.69 Å². The number of amides is 2. The van der Waals surface area contributed by atoms with Crippen LogP contribution in [0.1, 0.15) is 5.56 Å². The van der Waals surface area contributed by atoms with Crippen molar-refractivity contribution in [2.45, 2.75) is 0 Å². The van der Waals surface area contributed by atoms with Crippen molar-refractivity contribution < 1.29 is 9.59 Å². The van der Waals surface area contributed by atoms with Crippen LogP contribution in [0.25, 0.3) is 10.9 Å². The number of hydrogen-bond donors (Lipinski definition) is 3. The highest BCUT2D eigenvalue weighted by Crippen LogP contribution is 2.15. The van der Waals surface area contributed by atoms with Crippen molar-refractivity contribution in [2.24, 2.45) is 5.10 Å². The van der Waals surface area contributed by atoms with Gasteiger partial charge in [0.2, 0.25) is 0 Å². The summed E-state index contributed by atoms with van der Waals surface area (Å²) in [5, 5.41) is 7.30. The maximum Gasteiger partial charge on any atom is 0.329 e. The number of carbonyl (C=O) groups excluding carboxylic acids is 2. The molecule has 1 heterocycles. The van der Waals surface area contributed by atoms with Crippen molar-refractivity contribution in [1.29, 1.82) is 0 Å². The SMILES string of the molecule is O=C(N/N=C/c1c[nH]c2ccccc12)C(=O)Nc1ccc(Br)cc1. The van der Waals surface area contributed by atoms with Crippen molar-refractivity contribution >= 4 is 50.5 Å². The Kier molecular flexibility index (Phi) is 4.72. The highest BCUT2D eigenvalue weighted by atomic mass is 79.9. The van der Waals surface area contributed by atoms with E-state index in [1.807, 2.05) is 24.3 Å². The lowest BCUT2D eigenvalue weighted by molar-refractivity contribution is -0.136. The minimum atomic E-state index is -0.839. The molecule has 0 spiro atoms. The van der Waals surface area contributed by atoms with E-state index in [9.17, 15) is 9.59 Å². The number of hydrogen-bond acceptors (Lipinski definition) is 3. The van der Waals surface area contributed by atoms with Crippen molar-refractivity contribution in [2.75, 3.05) is 5.32 Å². The molecule has 0 fully saturated rings. The molecule has 0 radical (unpaired) electrons. The summed E-state index contributed by atoms with van der Waals surface area (Å²) in [7, 11) is 0. The van der Waals surface area contributed by atoms with Gasteiger partial charge in [0.1, 0.15) is 0 Å². The summed E-state index contributed by atoms with van der Waals surface area (Å²) in [6.07, 6.45) is 3.27. The van der Waals surface area contributed by atoms with E-state index < -0.39 is 11.8 Å². The Balaban J connectivity index is 1.60. The monoisotopic (exact) mass is 384 g/mol. The van der Waals surface area contributed by atoms with Gasteiger partial charge in [0.25, 0.3) is 0 Å². The predicted molar refractivity (Wildman–Crippen MR) is 96.8 cm³/mol. The van der Waals surface area contributed by atoms with E-state index in [2.05, 4.69) is 36.8 Å². The molecule has 0 saturated carbocycles. The molecule has 0 saturated heterocycles. The van der Waals surface area contributed by atoms with Crippen molar-refractivity contribution in [3.63, 3.8) is 0 Å². The fourth-order valence-corrected chi connectivity index (χ4v) is 2.40. The number of carbonyl (C=O) groups is 2. The van der Waals surface area contributed by atoms with Gasteiger partial charge in [-0.2, -0.15) is 5.10 Å². The summed E-state index contributed by atoms with van der Waals surface area (Å²) >= 11 is 3.30. The lowest BCUT2D eigenvalue weighted by Crippen LogP contribution is -2.32. The first-order chi connectivity index (χ1) is 11.6. The summed E-state index contributed by atoms with van der Waals surface area (Å²) in [5.74, 6) is -1.62. The molecule has 2 amide bonds. The average molecular weight is 385 g/mol. The lowest BCUT2D eigenvalue weighted by atomic mass is 10.2. The summed E-state index contributed by atoms with van der Waals surface area (Å²) in [5.41, 5.74) is 4.53. The second-order valence-electron chi connectivity index (χ2n) is 4.95. The number of nitrogens with one attached hydrogen (secondary N) is 3. The number of anilines is 1. The van der Waals surface area contributed by atoms with Gasteiger partial charge in [0.05, 0.1) is 6.21 Å². The molecule has 7 heteroatoms. The summed E-state index contributed by atoms with van der Waals surface area (Å²) < 4.78 is 0.883. The van der Waals surface area contributed by atoms with Crippen LogP contribution >= 0.6 is 15.9 Å². The van der Waals surface area contributed by atoms with E-state index in [0.717, 1.165) is 20.9 Å². The molecule has 3 aromatic rings.